The average Bonchev–Trinajstić information content (AvgIpc) is 3.34. The topological polar surface area (TPSA) is 63.2 Å². The number of nitriles is 1. The van der Waals surface area contributed by atoms with Gasteiger partial charge in [-0.2, -0.15) is 5.26 Å². The van der Waals surface area contributed by atoms with Crippen molar-refractivity contribution >= 4 is 28.3 Å². The predicted molar refractivity (Wildman–Crippen MR) is 134 cm³/mol. The highest BCUT2D eigenvalue weighted by Gasteiger charge is 2.34. The van der Waals surface area contributed by atoms with Crippen LogP contribution in [0.4, 0.5) is 4.39 Å². The lowest BCUT2D eigenvalue weighted by Gasteiger charge is -2.31. The summed E-state index contributed by atoms with van der Waals surface area (Å²) < 4.78 is 20.9. The third kappa shape index (κ3) is 3.95. The maximum absolute atomic E-state index is 13.4. The van der Waals surface area contributed by atoms with Gasteiger partial charge in [-0.05, 0) is 90.5 Å². The fourth-order valence-corrected chi connectivity index (χ4v) is 5.63. The van der Waals surface area contributed by atoms with E-state index < -0.39 is 5.41 Å². The minimum Gasteiger partial charge on any atom is -0.381 e. The van der Waals surface area contributed by atoms with E-state index in [1.54, 1.807) is 23.9 Å². The molecule has 7 heteroatoms. The predicted octanol–water partition coefficient (Wildman–Crippen LogP) is 6.41. The minimum atomic E-state index is -0.477. The summed E-state index contributed by atoms with van der Waals surface area (Å²) in [5.74, 6) is 0.396. The number of nitrogens with zero attached hydrogens (tertiary/aromatic N) is 4. The van der Waals surface area contributed by atoms with Gasteiger partial charge in [0.25, 0.3) is 0 Å². The average molecular weight is 481 g/mol. The summed E-state index contributed by atoms with van der Waals surface area (Å²) in [6.07, 6.45) is 1.44. The van der Waals surface area contributed by atoms with Gasteiger partial charge in [0.2, 0.25) is 0 Å². The van der Waals surface area contributed by atoms with Crippen molar-refractivity contribution in [1.82, 2.24) is 14.6 Å². The number of aromatic nitrogens is 3. The molecule has 3 aromatic carbocycles. The Morgan fingerprint density at radius 2 is 1.71 bits per heavy atom. The zero-order chi connectivity index (χ0) is 23.8. The van der Waals surface area contributed by atoms with Gasteiger partial charge in [0.1, 0.15) is 5.82 Å². The first-order chi connectivity index (χ1) is 17.1. The van der Waals surface area contributed by atoms with Crippen LogP contribution in [-0.2, 0) is 10.2 Å². The maximum Gasteiger partial charge on any atom is 0.168 e. The number of halogens is 1. The van der Waals surface area contributed by atoms with Crippen molar-refractivity contribution in [2.24, 2.45) is 0 Å². The quantitative estimate of drug-likeness (QED) is 0.297. The molecule has 0 saturated carbocycles. The second kappa shape index (κ2) is 8.81. The van der Waals surface area contributed by atoms with Crippen LogP contribution >= 0.6 is 11.8 Å². The molecule has 5 aromatic rings. The van der Waals surface area contributed by atoms with E-state index in [0.29, 0.717) is 19.0 Å². The second-order valence-electron chi connectivity index (χ2n) is 8.71. The highest BCUT2D eigenvalue weighted by Crippen LogP contribution is 2.38. The van der Waals surface area contributed by atoms with Crippen molar-refractivity contribution in [2.45, 2.75) is 28.0 Å². The van der Waals surface area contributed by atoms with Crippen LogP contribution < -0.4 is 0 Å². The summed E-state index contributed by atoms with van der Waals surface area (Å²) in [4.78, 5) is 2.20. The molecule has 6 rings (SSSR count). The van der Waals surface area contributed by atoms with Gasteiger partial charge in [-0.1, -0.05) is 23.9 Å². The fraction of sp³-hybridized carbons (Fsp3) is 0.179. The van der Waals surface area contributed by atoms with Crippen LogP contribution in [0.25, 0.3) is 27.9 Å². The third-order valence-electron chi connectivity index (χ3n) is 6.63. The zero-order valence-electron chi connectivity index (χ0n) is 18.8. The fourth-order valence-electron chi connectivity index (χ4n) is 4.70. The molecule has 0 spiro atoms. The summed E-state index contributed by atoms with van der Waals surface area (Å²) in [7, 11) is 0. The molecule has 0 amide bonds. The van der Waals surface area contributed by atoms with E-state index in [9.17, 15) is 9.65 Å². The van der Waals surface area contributed by atoms with Crippen LogP contribution in [0.2, 0.25) is 0 Å². The van der Waals surface area contributed by atoms with Crippen molar-refractivity contribution in [2.75, 3.05) is 13.2 Å². The molecule has 0 aliphatic carbocycles. The molecule has 0 unspecified atom stereocenters. The van der Waals surface area contributed by atoms with E-state index in [-0.39, 0.29) is 5.82 Å². The SMILES string of the molecule is N#CC1(c2cccc(Sc3ccc4c(ccc5nnc(-c6ccc(F)cc6)n54)c3)c2)CCOCC1. The van der Waals surface area contributed by atoms with Gasteiger partial charge >= 0.3 is 0 Å². The molecule has 172 valence electrons. The molecular weight excluding hydrogens is 459 g/mol. The van der Waals surface area contributed by atoms with E-state index in [0.717, 1.165) is 50.3 Å². The minimum absolute atomic E-state index is 0.282. The van der Waals surface area contributed by atoms with E-state index >= 15 is 0 Å². The lowest BCUT2D eigenvalue weighted by molar-refractivity contribution is 0.0675. The van der Waals surface area contributed by atoms with E-state index in [2.05, 4.69) is 52.7 Å². The van der Waals surface area contributed by atoms with E-state index in [1.807, 2.05) is 22.6 Å². The van der Waals surface area contributed by atoms with Gasteiger partial charge in [-0.25, -0.2) is 4.39 Å². The summed E-state index contributed by atoms with van der Waals surface area (Å²) in [5.41, 5.74) is 3.11. The first kappa shape index (κ1) is 21.8. The zero-order valence-corrected chi connectivity index (χ0v) is 19.6. The number of rotatable bonds is 4. The van der Waals surface area contributed by atoms with Gasteiger partial charge in [0, 0.05) is 28.6 Å². The number of hydrogen-bond donors (Lipinski definition) is 0. The Morgan fingerprint density at radius 1 is 0.914 bits per heavy atom. The van der Waals surface area contributed by atoms with Crippen LogP contribution in [0.1, 0.15) is 18.4 Å². The molecule has 1 aliphatic rings. The molecule has 1 saturated heterocycles. The Morgan fingerprint density at radius 3 is 2.51 bits per heavy atom. The number of fused-ring (bicyclic) bond motifs is 3. The van der Waals surface area contributed by atoms with Crippen molar-refractivity contribution < 1.29 is 9.13 Å². The number of ether oxygens (including phenoxy) is 1. The Bertz CT molecular complexity index is 1580. The first-order valence-electron chi connectivity index (χ1n) is 11.5. The third-order valence-corrected chi connectivity index (χ3v) is 7.60. The van der Waals surface area contributed by atoms with Crippen molar-refractivity contribution in [1.29, 1.82) is 5.26 Å². The largest absolute Gasteiger partial charge is 0.381 e. The Labute approximate surface area is 206 Å². The lowest BCUT2D eigenvalue weighted by Crippen LogP contribution is -2.32. The molecule has 0 bridgehead atoms. The number of benzene rings is 3. The van der Waals surface area contributed by atoms with Crippen molar-refractivity contribution in [3.63, 3.8) is 0 Å². The van der Waals surface area contributed by atoms with E-state index in [1.165, 1.54) is 12.1 Å². The molecule has 0 atom stereocenters. The Kier molecular flexibility index (Phi) is 5.48. The summed E-state index contributed by atoms with van der Waals surface area (Å²) in [5, 5.41) is 19.7. The summed E-state index contributed by atoms with van der Waals surface area (Å²) in [6, 6.07) is 27.5. The van der Waals surface area contributed by atoms with Gasteiger partial charge in [0.15, 0.2) is 11.5 Å². The molecule has 1 fully saturated rings. The molecule has 0 radical (unpaired) electrons. The monoisotopic (exact) mass is 480 g/mol. The first-order valence-corrected chi connectivity index (χ1v) is 12.3. The van der Waals surface area contributed by atoms with Gasteiger partial charge in [0.05, 0.1) is 17.0 Å². The van der Waals surface area contributed by atoms with Crippen LogP contribution in [0.5, 0.6) is 0 Å². The van der Waals surface area contributed by atoms with Crippen molar-refractivity contribution in [3.05, 3.63) is 90.2 Å². The van der Waals surface area contributed by atoms with Gasteiger partial charge in [-0.15, -0.1) is 10.2 Å². The molecule has 5 nitrogen and oxygen atoms in total. The molecule has 35 heavy (non-hydrogen) atoms. The lowest BCUT2D eigenvalue weighted by atomic mass is 9.75. The highest BCUT2D eigenvalue weighted by molar-refractivity contribution is 7.99. The number of hydrogen-bond acceptors (Lipinski definition) is 5. The van der Waals surface area contributed by atoms with Crippen LogP contribution in [-0.4, -0.2) is 27.8 Å². The second-order valence-corrected chi connectivity index (χ2v) is 9.86. The van der Waals surface area contributed by atoms with Crippen LogP contribution in [0, 0.1) is 17.1 Å². The molecule has 0 N–H and O–H groups in total. The normalized spacial score (nSPS) is 15.3. The van der Waals surface area contributed by atoms with Gasteiger partial charge in [-0.3, -0.25) is 4.40 Å². The summed E-state index contributed by atoms with van der Waals surface area (Å²) >= 11 is 1.68. The highest BCUT2D eigenvalue weighted by atomic mass is 32.2. The Hall–Kier alpha value is -3.73. The number of pyridine rings is 1. The van der Waals surface area contributed by atoms with E-state index in [4.69, 9.17) is 4.74 Å². The van der Waals surface area contributed by atoms with Crippen molar-refractivity contribution in [3.8, 4) is 17.5 Å². The Balaban J connectivity index is 1.36. The molecular formula is C28H21FN4OS. The smallest absolute Gasteiger partial charge is 0.168 e. The molecule has 2 aromatic heterocycles. The maximum atomic E-state index is 13.4. The van der Waals surface area contributed by atoms with Crippen LogP contribution in [0.15, 0.2) is 88.7 Å². The van der Waals surface area contributed by atoms with Gasteiger partial charge < -0.3 is 4.74 Å². The molecule has 1 aliphatic heterocycles. The van der Waals surface area contributed by atoms with Crippen LogP contribution in [0.3, 0.4) is 0 Å². The molecule has 3 heterocycles. The standard InChI is InChI=1S/C28H21FN4OS/c29-22-7-4-19(5-8-22)27-32-31-26-11-6-20-16-24(9-10-25(20)33(26)27)35-23-3-1-2-21(17-23)28(18-30)12-14-34-15-13-28/h1-11,16-17H,12-15H2. The summed E-state index contributed by atoms with van der Waals surface area (Å²) in [6.45, 7) is 1.24.